The van der Waals surface area contributed by atoms with E-state index in [9.17, 15) is 9.59 Å². The molecular formula is C26H25N5O3S. The molecule has 0 saturated carbocycles. The minimum atomic E-state index is -0.474. The number of rotatable bonds is 9. The fourth-order valence-electron chi connectivity index (χ4n) is 3.63. The van der Waals surface area contributed by atoms with Crippen molar-refractivity contribution in [2.24, 2.45) is 5.73 Å². The van der Waals surface area contributed by atoms with E-state index in [0.29, 0.717) is 29.5 Å². The van der Waals surface area contributed by atoms with E-state index in [1.165, 1.54) is 11.8 Å². The highest BCUT2D eigenvalue weighted by atomic mass is 32.2. The summed E-state index contributed by atoms with van der Waals surface area (Å²) >= 11 is 1.43. The lowest BCUT2D eigenvalue weighted by Crippen LogP contribution is -2.47. The monoisotopic (exact) mass is 487 g/mol. The van der Waals surface area contributed by atoms with Crippen molar-refractivity contribution in [2.45, 2.75) is 16.4 Å². The van der Waals surface area contributed by atoms with Crippen molar-refractivity contribution in [3.63, 3.8) is 0 Å². The van der Waals surface area contributed by atoms with E-state index in [2.05, 4.69) is 20.7 Å². The van der Waals surface area contributed by atoms with Gasteiger partial charge in [0.05, 0.1) is 17.6 Å². The number of carbonyl (C=O) groups is 2. The molecule has 1 aliphatic rings. The first kappa shape index (κ1) is 24.3. The number of benzene rings is 2. The van der Waals surface area contributed by atoms with E-state index in [-0.39, 0.29) is 6.61 Å². The lowest BCUT2D eigenvalue weighted by Gasteiger charge is -2.33. The second-order valence-corrected chi connectivity index (χ2v) is 9.06. The Kier molecular flexibility index (Phi) is 7.98. The zero-order valence-corrected chi connectivity index (χ0v) is 19.9. The van der Waals surface area contributed by atoms with Crippen LogP contribution < -0.4 is 15.4 Å². The Morgan fingerprint density at radius 3 is 2.63 bits per heavy atom. The van der Waals surface area contributed by atoms with Crippen molar-refractivity contribution in [2.75, 3.05) is 37.6 Å². The highest BCUT2D eigenvalue weighted by molar-refractivity contribution is 7.99. The second kappa shape index (κ2) is 11.5. The minimum absolute atomic E-state index is 0.252. The van der Waals surface area contributed by atoms with Gasteiger partial charge in [-0.25, -0.2) is 4.98 Å². The van der Waals surface area contributed by atoms with Gasteiger partial charge in [0.25, 0.3) is 0 Å². The molecular weight excluding hydrogens is 462 g/mol. The number of carbonyl (C=O) groups excluding carboxylic acids is 2. The van der Waals surface area contributed by atoms with Crippen LogP contribution in [0.15, 0.2) is 64.5 Å². The Bertz CT molecular complexity index is 1230. The largest absolute Gasteiger partial charge is 0.472 e. The van der Waals surface area contributed by atoms with E-state index in [1.807, 2.05) is 24.3 Å². The molecule has 0 radical (unpaired) electrons. The van der Waals surface area contributed by atoms with Crippen molar-refractivity contribution in [1.82, 2.24) is 14.9 Å². The maximum absolute atomic E-state index is 11.4. The molecule has 2 heterocycles. The van der Waals surface area contributed by atoms with Crippen LogP contribution in [0.3, 0.4) is 0 Å². The Morgan fingerprint density at radius 1 is 1.17 bits per heavy atom. The molecule has 8 nitrogen and oxygen atoms in total. The van der Waals surface area contributed by atoms with Gasteiger partial charge < -0.3 is 15.4 Å². The number of aromatic nitrogens is 2. The van der Waals surface area contributed by atoms with Gasteiger partial charge in [0.2, 0.25) is 17.7 Å². The predicted molar refractivity (Wildman–Crippen MR) is 135 cm³/mol. The normalized spacial score (nSPS) is 13.7. The first-order chi connectivity index (χ1) is 17.1. The van der Waals surface area contributed by atoms with E-state index in [0.717, 1.165) is 47.8 Å². The molecule has 0 bridgehead atoms. The molecule has 1 fully saturated rings. The average Bonchev–Trinajstić information content (AvgIpc) is 2.89. The number of anilines is 1. The van der Waals surface area contributed by atoms with Crippen molar-refractivity contribution in [3.05, 3.63) is 71.4 Å². The van der Waals surface area contributed by atoms with Gasteiger partial charge in [-0.3, -0.25) is 14.5 Å². The Labute approximate surface area is 208 Å². The summed E-state index contributed by atoms with van der Waals surface area (Å²) in [5, 5.41) is 0. The van der Waals surface area contributed by atoms with Crippen molar-refractivity contribution < 1.29 is 14.3 Å². The van der Waals surface area contributed by atoms with Crippen LogP contribution in [0.25, 0.3) is 0 Å². The summed E-state index contributed by atoms with van der Waals surface area (Å²) in [7, 11) is 0. The van der Waals surface area contributed by atoms with E-state index >= 15 is 0 Å². The van der Waals surface area contributed by atoms with E-state index in [4.69, 9.17) is 21.9 Å². The molecule has 35 heavy (non-hydrogen) atoms. The summed E-state index contributed by atoms with van der Waals surface area (Å²) in [6, 6.07) is 14.3. The summed E-state index contributed by atoms with van der Waals surface area (Å²) in [6.45, 7) is 4.10. The van der Waals surface area contributed by atoms with Crippen molar-refractivity contribution >= 4 is 29.9 Å². The van der Waals surface area contributed by atoms with Crippen LogP contribution in [0.2, 0.25) is 0 Å². The minimum Gasteiger partial charge on any atom is -0.472 e. The smallest absolute Gasteiger partial charge is 0.248 e. The lowest BCUT2D eigenvalue weighted by molar-refractivity contribution is 0.0999. The summed E-state index contributed by atoms with van der Waals surface area (Å²) in [5.74, 6) is 3.25. The van der Waals surface area contributed by atoms with Crippen LogP contribution in [-0.4, -0.2) is 59.8 Å². The molecule has 0 atom stereocenters. The summed E-state index contributed by atoms with van der Waals surface area (Å²) in [4.78, 5) is 37.8. The summed E-state index contributed by atoms with van der Waals surface area (Å²) in [5.41, 5.74) is 7.23. The van der Waals surface area contributed by atoms with Crippen LogP contribution in [0.1, 0.15) is 26.3 Å². The molecule has 9 heteroatoms. The van der Waals surface area contributed by atoms with Crippen LogP contribution in [-0.2, 0) is 6.61 Å². The quantitative estimate of drug-likeness (QED) is 0.363. The number of nitrogens with two attached hydrogens (primary N) is 1. The van der Waals surface area contributed by atoms with Gasteiger partial charge in [-0.05, 0) is 35.9 Å². The highest BCUT2D eigenvalue weighted by Crippen LogP contribution is 2.35. The lowest BCUT2D eigenvalue weighted by atomic mass is 10.1. The van der Waals surface area contributed by atoms with Crippen LogP contribution in [0.5, 0.6) is 5.88 Å². The van der Waals surface area contributed by atoms with Gasteiger partial charge in [-0.2, -0.15) is 4.98 Å². The number of hydrogen-bond donors (Lipinski definition) is 1. The zero-order chi connectivity index (χ0) is 24.6. The molecule has 0 aliphatic carbocycles. The number of nitrogens with zero attached hydrogens (tertiary/aromatic N) is 4. The standard InChI is InChI=1S/C26H25N5O3S/c1-2-10-30-11-13-31(14-12-30)26-28-16-23(35-22-8-6-21(7-9-22)24(27)33)25(29-26)34-18-20-5-3-4-19(15-20)17-32/h1,3-9,15-17H,10-14,18H2,(H2,27,33). The van der Waals surface area contributed by atoms with Gasteiger partial charge in [0.1, 0.15) is 12.9 Å². The third-order valence-corrected chi connectivity index (χ3v) is 6.52. The molecule has 1 saturated heterocycles. The molecule has 0 spiro atoms. The summed E-state index contributed by atoms with van der Waals surface area (Å²) < 4.78 is 6.12. The molecule has 1 aliphatic heterocycles. The van der Waals surface area contributed by atoms with Crippen LogP contribution in [0.4, 0.5) is 5.95 Å². The topological polar surface area (TPSA) is 102 Å². The molecule has 0 unspecified atom stereocenters. The Hall–Kier alpha value is -3.87. The summed E-state index contributed by atoms with van der Waals surface area (Å²) in [6.07, 6.45) is 8.00. The number of aldehydes is 1. The maximum Gasteiger partial charge on any atom is 0.248 e. The van der Waals surface area contributed by atoms with Crippen molar-refractivity contribution in [1.29, 1.82) is 0 Å². The molecule has 2 N–H and O–H groups in total. The third-order valence-electron chi connectivity index (χ3n) is 5.51. The van der Waals surface area contributed by atoms with Gasteiger partial charge >= 0.3 is 0 Å². The van der Waals surface area contributed by atoms with E-state index in [1.54, 1.807) is 30.5 Å². The second-order valence-electron chi connectivity index (χ2n) is 7.95. The van der Waals surface area contributed by atoms with Gasteiger partial charge in [-0.1, -0.05) is 35.9 Å². The zero-order valence-electron chi connectivity index (χ0n) is 19.1. The molecule has 2 aromatic carbocycles. The third kappa shape index (κ3) is 6.38. The van der Waals surface area contributed by atoms with E-state index < -0.39 is 5.91 Å². The first-order valence-electron chi connectivity index (χ1n) is 11.1. The average molecular weight is 488 g/mol. The number of ether oxygens (including phenoxy) is 1. The molecule has 3 aromatic rings. The highest BCUT2D eigenvalue weighted by Gasteiger charge is 2.20. The number of hydrogen-bond acceptors (Lipinski definition) is 8. The molecule has 4 rings (SSSR count). The Balaban J connectivity index is 1.56. The van der Waals surface area contributed by atoms with Crippen LogP contribution >= 0.6 is 11.8 Å². The number of terminal acetylenes is 1. The fourth-order valence-corrected chi connectivity index (χ4v) is 4.45. The Morgan fingerprint density at radius 2 is 1.94 bits per heavy atom. The van der Waals surface area contributed by atoms with Gasteiger partial charge in [0, 0.05) is 42.2 Å². The number of piperazine rings is 1. The molecule has 1 aromatic heterocycles. The van der Waals surface area contributed by atoms with Crippen LogP contribution in [0, 0.1) is 12.3 Å². The van der Waals surface area contributed by atoms with Gasteiger partial charge in [0.15, 0.2) is 0 Å². The number of amides is 1. The number of primary amides is 1. The SMILES string of the molecule is C#CCN1CCN(c2ncc(Sc3ccc(C(N)=O)cc3)c(OCc3cccc(C=O)c3)n2)CC1. The van der Waals surface area contributed by atoms with Crippen molar-refractivity contribution in [3.8, 4) is 18.2 Å². The van der Waals surface area contributed by atoms with Gasteiger partial charge in [-0.15, -0.1) is 6.42 Å². The molecule has 178 valence electrons. The predicted octanol–water partition coefficient (Wildman–Crippen LogP) is 2.87. The molecule has 1 amide bonds. The fraction of sp³-hybridized carbons (Fsp3) is 0.231. The first-order valence-corrected chi connectivity index (χ1v) is 11.9. The maximum atomic E-state index is 11.4.